The number of aromatic nitrogens is 2. The van der Waals surface area contributed by atoms with Gasteiger partial charge in [0.2, 0.25) is 5.88 Å². The Morgan fingerprint density at radius 1 is 1.12 bits per heavy atom. The minimum atomic E-state index is -1.37. The molecule has 1 aliphatic heterocycles. The Balaban J connectivity index is 1.67. The van der Waals surface area contributed by atoms with Crippen molar-refractivity contribution in [2.45, 2.75) is 11.4 Å². The lowest BCUT2D eigenvalue weighted by molar-refractivity contribution is 0.376. The standard InChI is InChI=1S/C18H14FN3O3S/c1-24-17-10-16(22-11-12-4-2-3-5-15(12)26(22)23)20-18(21-17)25-14-8-6-13(19)7-9-14/h2-10H,11H2,1H3. The van der Waals surface area contributed by atoms with Crippen LogP contribution in [0.5, 0.6) is 17.6 Å². The van der Waals surface area contributed by atoms with Crippen molar-refractivity contribution in [3.8, 4) is 17.6 Å². The quantitative estimate of drug-likeness (QED) is 0.703. The smallest absolute Gasteiger partial charge is 0.327 e. The van der Waals surface area contributed by atoms with Gasteiger partial charge in [-0.15, -0.1) is 0 Å². The van der Waals surface area contributed by atoms with Gasteiger partial charge < -0.3 is 9.47 Å². The molecule has 0 radical (unpaired) electrons. The first-order valence-corrected chi connectivity index (χ1v) is 8.88. The summed E-state index contributed by atoms with van der Waals surface area (Å²) in [6.07, 6.45) is 0. The molecule has 132 valence electrons. The van der Waals surface area contributed by atoms with Gasteiger partial charge in [-0.3, -0.25) is 4.31 Å². The molecule has 1 aromatic heterocycles. The van der Waals surface area contributed by atoms with E-state index in [1.807, 2.05) is 24.3 Å². The fourth-order valence-electron chi connectivity index (χ4n) is 2.58. The van der Waals surface area contributed by atoms with Crippen molar-refractivity contribution < 1.29 is 18.1 Å². The second-order valence-corrected chi connectivity index (χ2v) is 6.88. The minimum Gasteiger partial charge on any atom is -0.481 e. The van der Waals surface area contributed by atoms with Crippen LogP contribution < -0.4 is 13.8 Å². The van der Waals surface area contributed by atoms with Gasteiger partial charge in [-0.25, -0.2) is 8.60 Å². The topological polar surface area (TPSA) is 64.5 Å². The summed E-state index contributed by atoms with van der Waals surface area (Å²) in [5, 5.41) is 0. The van der Waals surface area contributed by atoms with E-state index in [4.69, 9.17) is 9.47 Å². The van der Waals surface area contributed by atoms with E-state index in [2.05, 4.69) is 9.97 Å². The molecular formula is C18H14FN3O3S. The van der Waals surface area contributed by atoms with Gasteiger partial charge in [0.15, 0.2) is 16.8 Å². The number of methoxy groups -OCH3 is 1. The van der Waals surface area contributed by atoms with E-state index in [0.29, 0.717) is 18.1 Å². The van der Waals surface area contributed by atoms with Crippen LogP contribution in [0.15, 0.2) is 59.5 Å². The number of rotatable bonds is 4. The lowest BCUT2D eigenvalue weighted by Gasteiger charge is -2.16. The summed E-state index contributed by atoms with van der Waals surface area (Å²) in [5.41, 5.74) is 0.976. The van der Waals surface area contributed by atoms with E-state index in [9.17, 15) is 8.60 Å². The van der Waals surface area contributed by atoms with Crippen LogP contribution in [0.2, 0.25) is 0 Å². The van der Waals surface area contributed by atoms with Crippen molar-refractivity contribution in [2.24, 2.45) is 0 Å². The number of halogens is 1. The molecule has 1 unspecified atom stereocenters. The molecule has 0 amide bonds. The summed E-state index contributed by atoms with van der Waals surface area (Å²) in [6.45, 7) is 0.457. The SMILES string of the molecule is COc1cc(N2Cc3ccccc3S2=O)nc(Oc2ccc(F)cc2)n1. The summed E-state index contributed by atoms with van der Waals surface area (Å²) < 4.78 is 38.2. The van der Waals surface area contributed by atoms with E-state index < -0.39 is 11.0 Å². The fraction of sp³-hybridized carbons (Fsp3) is 0.111. The van der Waals surface area contributed by atoms with Crippen LogP contribution in [0.1, 0.15) is 5.56 Å². The van der Waals surface area contributed by atoms with Crippen LogP contribution in [-0.4, -0.2) is 21.3 Å². The average molecular weight is 371 g/mol. The average Bonchev–Trinajstić information content (AvgIpc) is 3.00. The second kappa shape index (κ2) is 6.72. The van der Waals surface area contributed by atoms with E-state index >= 15 is 0 Å². The maximum Gasteiger partial charge on any atom is 0.327 e. The van der Waals surface area contributed by atoms with Crippen LogP contribution in [0, 0.1) is 5.82 Å². The van der Waals surface area contributed by atoms with E-state index in [-0.39, 0.29) is 17.7 Å². The van der Waals surface area contributed by atoms with Crippen molar-refractivity contribution in [3.05, 3.63) is 66.0 Å². The molecule has 8 heteroatoms. The Kier molecular flexibility index (Phi) is 4.26. The molecule has 0 aliphatic carbocycles. The highest BCUT2D eigenvalue weighted by molar-refractivity contribution is 7.86. The predicted octanol–water partition coefficient (Wildman–Crippen LogP) is 3.46. The van der Waals surface area contributed by atoms with Crippen molar-refractivity contribution in [1.82, 2.24) is 9.97 Å². The molecule has 0 fully saturated rings. The number of fused-ring (bicyclic) bond motifs is 1. The zero-order valence-corrected chi connectivity index (χ0v) is 14.6. The number of nitrogens with zero attached hydrogens (tertiary/aromatic N) is 3. The molecule has 0 N–H and O–H groups in total. The summed E-state index contributed by atoms with van der Waals surface area (Å²) in [5.74, 6) is 0.717. The third-order valence-electron chi connectivity index (χ3n) is 3.83. The molecule has 2 aromatic carbocycles. The third-order valence-corrected chi connectivity index (χ3v) is 5.32. The van der Waals surface area contributed by atoms with E-state index in [1.54, 1.807) is 10.4 Å². The summed E-state index contributed by atoms with van der Waals surface area (Å²) in [7, 11) is 0.103. The molecule has 0 saturated carbocycles. The van der Waals surface area contributed by atoms with Crippen LogP contribution in [0.3, 0.4) is 0 Å². The normalized spacial score (nSPS) is 15.6. The van der Waals surface area contributed by atoms with Crippen LogP contribution in [-0.2, 0) is 17.5 Å². The molecule has 0 spiro atoms. The molecule has 3 aromatic rings. The Labute approximate surface area is 151 Å². The molecule has 2 heterocycles. The fourth-order valence-corrected chi connectivity index (χ4v) is 3.89. The zero-order chi connectivity index (χ0) is 18.1. The lowest BCUT2D eigenvalue weighted by atomic mass is 10.2. The van der Waals surface area contributed by atoms with Crippen LogP contribution in [0.4, 0.5) is 10.2 Å². The molecule has 0 bridgehead atoms. The van der Waals surface area contributed by atoms with Gasteiger partial charge in [-0.05, 0) is 35.9 Å². The number of anilines is 1. The van der Waals surface area contributed by atoms with Gasteiger partial charge in [-0.2, -0.15) is 9.97 Å². The van der Waals surface area contributed by atoms with E-state index in [1.165, 1.54) is 31.4 Å². The minimum absolute atomic E-state index is 0.0268. The maximum atomic E-state index is 13.0. The number of hydrogen-bond donors (Lipinski definition) is 0. The molecule has 1 aliphatic rings. The lowest BCUT2D eigenvalue weighted by Crippen LogP contribution is -2.19. The van der Waals surface area contributed by atoms with Crippen molar-refractivity contribution >= 4 is 16.8 Å². The Morgan fingerprint density at radius 3 is 2.62 bits per heavy atom. The first-order valence-electron chi connectivity index (χ1n) is 7.78. The Morgan fingerprint density at radius 2 is 1.88 bits per heavy atom. The monoisotopic (exact) mass is 371 g/mol. The largest absolute Gasteiger partial charge is 0.481 e. The van der Waals surface area contributed by atoms with Crippen molar-refractivity contribution in [3.63, 3.8) is 0 Å². The number of ether oxygens (including phenoxy) is 2. The summed E-state index contributed by atoms with van der Waals surface area (Å²) >= 11 is 0. The van der Waals surface area contributed by atoms with Gasteiger partial charge >= 0.3 is 6.01 Å². The number of benzene rings is 2. The zero-order valence-electron chi connectivity index (χ0n) is 13.8. The molecule has 4 rings (SSSR count). The van der Waals surface area contributed by atoms with Gasteiger partial charge in [0.05, 0.1) is 18.6 Å². The van der Waals surface area contributed by atoms with Gasteiger partial charge in [-0.1, -0.05) is 18.2 Å². The number of hydrogen-bond acceptors (Lipinski definition) is 5. The first kappa shape index (κ1) is 16.5. The summed E-state index contributed by atoms with van der Waals surface area (Å²) in [4.78, 5) is 9.24. The molecular weight excluding hydrogens is 357 g/mol. The van der Waals surface area contributed by atoms with Crippen LogP contribution >= 0.6 is 0 Å². The van der Waals surface area contributed by atoms with Gasteiger partial charge in [0.25, 0.3) is 0 Å². The van der Waals surface area contributed by atoms with Crippen LogP contribution in [0.25, 0.3) is 0 Å². The second-order valence-electron chi connectivity index (χ2n) is 5.50. The van der Waals surface area contributed by atoms with Gasteiger partial charge in [0, 0.05) is 6.07 Å². The highest BCUT2D eigenvalue weighted by Gasteiger charge is 2.28. The molecule has 1 atom stereocenters. The Bertz CT molecular complexity index is 982. The van der Waals surface area contributed by atoms with E-state index in [0.717, 1.165) is 10.5 Å². The molecule has 26 heavy (non-hydrogen) atoms. The van der Waals surface area contributed by atoms with Crippen molar-refractivity contribution in [2.75, 3.05) is 11.4 Å². The van der Waals surface area contributed by atoms with Gasteiger partial charge in [0.1, 0.15) is 11.6 Å². The van der Waals surface area contributed by atoms with Crippen molar-refractivity contribution in [1.29, 1.82) is 0 Å². The summed E-state index contributed by atoms with van der Waals surface area (Å²) in [6, 6.07) is 14.7. The molecule has 6 nitrogen and oxygen atoms in total. The first-order chi connectivity index (χ1) is 12.6. The molecule has 0 saturated heterocycles. The Hall–Kier alpha value is -3.00. The maximum absolute atomic E-state index is 13.0. The predicted molar refractivity (Wildman–Crippen MR) is 94.1 cm³/mol. The third kappa shape index (κ3) is 3.11. The highest BCUT2D eigenvalue weighted by atomic mass is 32.2. The highest BCUT2D eigenvalue weighted by Crippen LogP contribution is 2.33.